The lowest BCUT2D eigenvalue weighted by molar-refractivity contribution is -0.384. The van der Waals surface area contributed by atoms with Gasteiger partial charge in [0.25, 0.3) is 5.69 Å². The summed E-state index contributed by atoms with van der Waals surface area (Å²) in [4.78, 5) is 10.3. The fourth-order valence-electron chi connectivity index (χ4n) is 5.69. The Morgan fingerprint density at radius 3 is 2.57 bits per heavy atom. The van der Waals surface area contributed by atoms with E-state index in [1.807, 2.05) is 6.92 Å². The largest absolute Gasteiger partial charge is 0.494 e. The average Bonchev–Trinajstić information content (AvgIpc) is 2.67. The lowest BCUT2D eigenvalue weighted by atomic mass is 9.46. The Bertz CT molecular complexity index is 733. The maximum atomic E-state index is 10.8. The molecule has 1 unspecified atom stereocenters. The van der Waals surface area contributed by atoms with Crippen LogP contribution in [0.1, 0.15) is 46.0 Å². The smallest absolute Gasteiger partial charge is 0.269 e. The summed E-state index contributed by atoms with van der Waals surface area (Å²) in [7, 11) is 0. The zero-order valence-electron chi connectivity index (χ0n) is 16.8. The number of aliphatic hydroxyl groups is 2. The van der Waals surface area contributed by atoms with Gasteiger partial charge in [-0.3, -0.25) is 10.1 Å². The van der Waals surface area contributed by atoms with E-state index in [4.69, 9.17) is 4.74 Å². The van der Waals surface area contributed by atoms with Gasteiger partial charge in [-0.25, -0.2) is 0 Å². The summed E-state index contributed by atoms with van der Waals surface area (Å²) >= 11 is 0. The van der Waals surface area contributed by atoms with Gasteiger partial charge < -0.3 is 14.9 Å². The summed E-state index contributed by atoms with van der Waals surface area (Å²) in [6, 6.07) is 6.14. The molecule has 2 aliphatic carbocycles. The Morgan fingerprint density at radius 2 is 1.96 bits per heavy atom. The summed E-state index contributed by atoms with van der Waals surface area (Å²) in [6.45, 7) is 9.11. The number of fused-ring (bicyclic) bond motifs is 1. The van der Waals surface area contributed by atoms with E-state index < -0.39 is 16.4 Å². The van der Waals surface area contributed by atoms with Crippen LogP contribution < -0.4 is 4.74 Å². The molecule has 2 aliphatic rings. The Morgan fingerprint density at radius 1 is 1.29 bits per heavy atom. The number of nitrogens with zero attached hydrogens (tertiary/aromatic N) is 1. The molecule has 5 atom stereocenters. The first-order valence-corrected chi connectivity index (χ1v) is 10.1. The summed E-state index contributed by atoms with van der Waals surface area (Å²) in [5.41, 5.74) is 0.769. The van der Waals surface area contributed by atoms with Gasteiger partial charge in [-0.2, -0.15) is 0 Å². The van der Waals surface area contributed by atoms with Gasteiger partial charge in [0.05, 0.1) is 24.2 Å². The molecule has 2 fully saturated rings. The maximum Gasteiger partial charge on any atom is 0.269 e. The van der Waals surface area contributed by atoms with E-state index in [0.29, 0.717) is 18.8 Å². The van der Waals surface area contributed by atoms with Crippen molar-refractivity contribution in [2.75, 3.05) is 13.2 Å². The predicted octanol–water partition coefficient (Wildman–Crippen LogP) is 4.11. The summed E-state index contributed by atoms with van der Waals surface area (Å²) in [5, 5.41) is 31.4. The van der Waals surface area contributed by atoms with Crippen molar-refractivity contribution in [1.29, 1.82) is 0 Å². The quantitative estimate of drug-likeness (QED) is 0.434. The molecule has 2 N–H and O–H groups in total. The molecule has 28 heavy (non-hydrogen) atoms. The molecule has 6 heteroatoms. The SMILES string of the molecule is C=C1CCC2[C@](C)(CO)[C@H](O)CC[C@@]2(C)[C@@H]1CCOc1ccc([N+](=O)[O-])cc1. The monoisotopic (exact) mass is 389 g/mol. The number of hydrogen-bond donors (Lipinski definition) is 2. The molecule has 0 amide bonds. The Kier molecular flexibility index (Phi) is 5.82. The highest BCUT2D eigenvalue weighted by Crippen LogP contribution is 2.61. The number of benzene rings is 1. The molecule has 0 radical (unpaired) electrons. The molecular formula is C22H31NO5. The van der Waals surface area contributed by atoms with Gasteiger partial charge in [0, 0.05) is 17.5 Å². The molecule has 1 aromatic rings. The maximum absolute atomic E-state index is 10.8. The van der Waals surface area contributed by atoms with Crippen LogP contribution in [-0.4, -0.2) is 34.5 Å². The third-order valence-corrected chi connectivity index (χ3v) is 7.42. The minimum atomic E-state index is -0.481. The van der Waals surface area contributed by atoms with Crippen molar-refractivity contribution in [3.63, 3.8) is 0 Å². The van der Waals surface area contributed by atoms with Crippen LogP contribution in [0.5, 0.6) is 5.75 Å². The van der Waals surface area contributed by atoms with Crippen molar-refractivity contribution in [2.24, 2.45) is 22.7 Å². The van der Waals surface area contributed by atoms with Gasteiger partial charge in [-0.1, -0.05) is 26.0 Å². The second-order valence-electron chi connectivity index (χ2n) is 8.91. The molecule has 0 aromatic heterocycles. The number of ether oxygens (including phenoxy) is 1. The lowest BCUT2D eigenvalue weighted by Gasteiger charge is -2.60. The molecule has 0 aliphatic heterocycles. The molecule has 6 nitrogen and oxygen atoms in total. The van der Waals surface area contributed by atoms with Crippen LogP contribution in [0.4, 0.5) is 5.69 Å². The van der Waals surface area contributed by atoms with E-state index in [0.717, 1.165) is 25.7 Å². The molecule has 0 spiro atoms. The van der Waals surface area contributed by atoms with Gasteiger partial charge in [0.1, 0.15) is 5.75 Å². The molecular weight excluding hydrogens is 358 g/mol. The van der Waals surface area contributed by atoms with Crippen molar-refractivity contribution >= 4 is 5.69 Å². The van der Waals surface area contributed by atoms with Gasteiger partial charge in [0.15, 0.2) is 0 Å². The van der Waals surface area contributed by atoms with Crippen LogP contribution in [-0.2, 0) is 0 Å². The summed E-state index contributed by atoms with van der Waals surface area (Å²) < 4.78 is 5.85. The Labute approximate surface area is 166 Å². The highest BCUT2D eigenvalue weighted by molar-refractivity contribution is 5.36. The minimum Gasteiger partial charge on any atom is -0.494 e. The number of nitro benzene ring substituents is 1. The van der Waals surface area contributed by atoms with Crippen LogP contribution in [0.15, 0.2) is 36.4 Å². The Balaban J connectivity index is 1.70. The molecule has 1 aromatic carbocycles. The van der Waals surface area contributed by atoms with Crippen molar-refractivity contribution in [3.8, 4) is 5.75 Å². The second-order valence-corrected chi connectivity index (χ2v) is 8.91. The molecule has 2 saturated carbocycles. The van der Waals surface area contributed by atoms with Crippen LogP contribution in [0.25, 0.3) is 0 Å². The summed E-state index contributed by atoms with van der Waals surface area (Å²) in [5.74, 6) is 1.12. The van der Waals surface area contributed by atoms with E-state index in [2.05, 4.69) is 13.5 Å². The van der Waals surface area contributed by atoms with Crippen molar-refractivity contribution in [2.45, 2.75) is 52.1 Å². The fourth-order valence-corrected chi connectivity index (χ4v) is 5.69. The van der Waals surface area contributed by atoms with E-state index >= 15 is 0 Å². The third kappa shape index (κ3) is 3.55. The lowest BCUT2D eigenvalue weighted by Crippen LogP contribution is -2.57. The minimum absolute atomic E-state index is 0.00703. The summed E-state index contributed by atoms with van der Waals surface area (Å²) in [6.07, 6.45) is 3.79. The topological polar surface area (TPSA) is 92.8 Å². The first kappa shape index (κ1) is 20.8. The first-order chi connectivity index (χ1) is 13.2. The van der Waals surface area contributed by atoms with Gasteiger partial charge >= 0.3 is 0 Å². The van der Waals surface area contributed by atoms with Crippen molar-refractivity contribution in [1.82, 2.24) is 0 Å². The van der Waals surface area contributed by atoms with E-state index in [-0.39, 0.29) is 29.5 Å². The van der Waals surface area contributed by atoms with Crippen LogP contribution >= 0.6 is 0 Å². The molecule has 0 bridgehead atoms. The molecule has 0 heterocycles. The highest BCUT2D eigenvalue weighted by Gasteiger charge is 2.57. The van der Waals surface area contributed by atoms with Gasteiger partial charge in [-0.05, 0) is 61.5 Å². The zero-order chi connectivity index (χ0) is 20.5. The third-order valence-electron chi connectivity index (χ3n) is 7.42. The number of nitro groups is 1. The van der Waals surface area contributed by atoms with Crippen LogP contribution in [0.3, 0.4) is 0 Å². The average molecular weight is 389 g/mol. The second kappa shape index (κ2) is 7.84. The number of allylic oxidation sites excluding steroid dienone is 1. The van der Waals surface area contributed by atoms with E-state index in [9.17, 15) is 20.3 Å². The normalized spacial score (nSPS) is 35.3. The van der Waals surface area contributed by atoms with E-state index in [1.54, 1.807) is 12.1 Å². The van der Waals surface area contributed by atoms with Crippen molar-refractivity contribution in [3.05, 3.63) is 46.5 Å². The Hall–Kier alpha value is -1.92. The number of hydrogen-bond acceptors (Lipinski definition) is 5. The number of non-ortho nitro benzene ring substituents is 1. The molecule has 154 valence electrons. The van der Waals surface area contributed by atoms with Crippen molar-refractivity contribution < 1.29 is 19.9 Å². The predicted molar refractivity (Wildman–Crippen MR) is 107 cm³/mol. The molecule has 0 saturated heterocycles. The van der Waals surface area contributed by atoms with E-state index in [1.165, 1.54) is 17.7 Å². The standard InChI is InChI=1S/C22H31NO5/c1-15-4-9-19-21(2,12-10-20(25)22(19,3)14-24)18(15)11-13-28-17-7-5-16(6-8-17)23(26)27/h5-8,18-20,24-25H,1,4,9-14H2,2-3H3/t18-,19?,20-,21+,22+/m1/s1. The first-order valence-electron chi connectivity index (χ1n) is 10.1. The number of rotatable bonds is 6. The van der Waals surface area contributed by atoms with Crippen LogP contribution in [0, 0.1) is 32.8 Å². The fraction of sp³-hybridized carbons (Fsp3) is 0.636. The van der Waals surface area contributed by atoms with Crippen LogP contribution in [0.2, 0.25) is 0 Å². The zero-order valence-corrected chi connectivity index (χ0v) is 16.8. The van der Waals surface area contributed by atoms with Gasteiger partial charge in [-0.15, -0.1) is 0 Å². The highest BCUT2D eigenvalue weighted by atomic mass is 16.6. The molecule has 3 rings (SSSR count). The number of aliphatic hydroxyl groups excluding tert-OH is 2. The van der Waals surface area contributed by atoms with Gasteiger partial charge in [0.2, 0.25) is 0 Å².